The average molecular weight is 317 g/mol. The lowest BCUT2D eigenvalue weighted by atomic mass is 10.0. The van der Waals surface area contributed by atoms with Crippen molar-refractivity contribution in [2.45, 2.75) is 12.3 Å². The summed E-state index contributed by atoms with van der Waals surface area (Å²) in [5.74, 6) is -0.760. The van der Waals surface area contributed by atoms with E-state index < -0.39 is 11.2 Å². The van der Waals surface area contributed by atoms with Gasteiger partial charge in [0, 0.05) is 5.02 Å². The number of benzene rings is 2. The van der Waals surface area contributed by atoms with E-state index in [2.05, 4.69) is 0 Å². The van der Waals surface area contributed by atoms with Crippen LogP contribution < -0.4 is 4.74 Å². The molecule has 0 radical (unpaired) electrons. The van der Waals surface area contributed by atoms with Gasteiger partial charge < -0.3 is 4.74 Å². The van der Waals surface area contributed by atoms with Crippen LogP contribution in [0.4, 0.5) is 8.78 Å². The summed E-state index contributed by atoms with van der Waals surface area (Å²) >= 11 is 12.4. The number of hydrogen-bond acceptors (Lipinski definition) is 1. The minimum atomic E-state index is -0.615. The first-order chi connectivity index (χ1) is 9.43. The van der Waals surface area contributed by atoms with E-state index in [-0.39, 0.29) is 16.6 Å². The second-order valence-electron chi connectivity index (χ2n) is 4.38. The Morgan fingerprint density at radius 1 is 1.10 bits per heavy atom. The Morgan fingerprint density at radius 3 is 2.45 bits per heavy atom. The van der Waals surface area contributed by atoms with E-state index in [0.717, 1.165) is 0 Å². The summed E-state index contributed by atoms with van der Waals surface area (Å²) in [7, 11) is 1.38. The second kappa shape index (κ2) is 5.98. The zero-order valence-electron chi connectivity index (χ0n) is 10.9. The summed E-state index contributed by atoms with van der Waals surface area (Å²) in [5.41, 5.74) is 1.64. The second-order valence-corrected chi connectivity index (χ2v) is 5.22. The van der Waals surface area contributed by atoms with Crippen molar-refractivity contribution in [1.82, 2.24) is 0 Å². The highest BCUT2D eigenvalue weighted by atomic mass is 35.5. The predicted octanol–water partition coefficient (Wildman–Crippen LogP) is 5.26. The van der Waals surface area contributed by atoms with Crippen molar-refractivity contribution in [3.63, 3.8) is 0 Å². The first-order valence-corrected chi connectivity index (χ1v) is 6.68. The fourth-order valence-electron chi connectivity index (χ4n) is 1.89. The molecule has 5 heteroatoms. The van der Waals surface area contributed by atoms with Gasteiger partial charge >= 0.3 is 0 Å². The van der Waals surface area contributed by atoms with Gasteiger partial charge in [0.25, 0.3) is 0 Å². The zero-order chi connectivity index (χ0) is 14.9. The molecule has 0 heterocycles. The van der Waals surface area contributed by atoms with Gasteiger partial charge in [-0.1, -0.05) is 17.7 Å². The van der Waals surface area contributed by atoms with Gasteiger partial charge in [-0.05, 0) is 47.9 Å². The van der Waals surface area contributed by atoms with Crippen LogP contribution in [0.3, 0.4) is 0 Å². The van der Waals surface area contributed by atoms with Crippen molar-refractivity contribution in [1.29, 1.82) is 0 Å². The molecule has 1 unspecified atom stereocenters. The van der Waals surface area contributed by atoms with E-state index in [1.165, 1.54) is 25.3 Å². The van der Waals surface area contributed by atoms with Crippen molar-refractivity contribution in [3.8, 4) is 5.75 Å². The van der Waals surface area contributed by atoms with E-state index in [9.17, 15) is 8.78 Å². The van der Waals surface area contributed by atoms with Crippen LogP contribution in [0, 0.1) is 18.6 Å². The molecular weight excluding hydrogens is 305 g/mol. The highest BCUT2D eigenvalue weighted by Crippen LogP contribution is 2.36. The summed E-state index contributed by atoms with van der Waals surface area (Å²) in [6.07, 6.45) is 0. The van der Waals surface area contributed by atoms with E-state index >= 15 is 0 Å². The Balaban J connectivity index is 2.46. The van der Waals surface area contributed by atoms with Gasteiger partial charge in [0.05, 0.1) is 12.5 Å². The van der Waals surface area contributed by atoms with E-state index in [1.54, 1.807) is 19.1 Å². The third kappa shape index (κ3) is 2.89. The fourth-order valence-corrected chi connectivity index (χ4v) is 2.52. The summed E-state index contributed by atoms with van der Waals surface area (Å²) in [5, 5.41) is -0.382. The molecule has 2 aromatic rings. The van der Waals surface area contributed by atoms with Crippen LogP contribution >= 0.6 is 23.2 Å². The molecule has 0 N–H and O–H groups in total. The lowest BCUT2D eigenvalue weighted by molar-refractivity contribution is 0.386. The molecule has 0 bridgehead atoms. The molecule has 0 aliphatic heterocycles. The Kier molecular flexibility index (Phi) is 4.51. The molecule has 1 atom stereocenters. The largest absolute Gasteiger partial charge is 0.494 e. The van der Waals surface area contributed by atoms with E-state index in [1.807, 2.05) is 0 Å². The van der Waals surface area contributed by atoms with Crippen molar-refractivity contribution in [3.05, 3.63) is 63.7 Å². The maximum atomic E-state index is 13.4. The highest BCUT2D eigenvalue weighted by Gasteiger charge is 2.18. The summed E-state index contributed by atoms with van der Waals surface area (Å²) in [6.45, 7) is 1.63. The van der Waals surface area contributed by atoms with Crippen LogP contribution in [-0.2, 0) is 0 Å². The van der Waals surface area contributed by atoms with E-state index in [4.69, 9.17) is 27.9 Å². The monoisotopic (exact) mass is 316 g/mol. The smallest absolute Gasteiger partial charge is 0.165 e. The van der Waals surface area contributed by atoms with Gasteiger partial charge in [0.1, 0.15) is 5.82 Å². The van der Waals surface area contributed by atoms with E-state index in [0.29, 0.717) is 16.7 Å². The number of alkyl halides is 1. The van der Waals surface area contributed by atoms with Crippen molar-refractivity contribution >= 4 is 23.2 Å². The summed E-state index contributed by atoms with van der Waals surface area (Å²) < 4.78 is 31.7. The molecule has 20 heavy (non-hydrogen) atoms. The first kappa shape index (κ1) is 15.1. The highest BCUT2D eigenvalue weighted by molar-refractivity contribution is 6.33. The molecule has 106 valence electrons. The van der Waals surface area contributed by atoms with Crippen LogP contribution in [0.1, 0.15) is 22.1 Å². The van der Waals surface area contributed by atoms with Crippen LogP contribution in [-0.4, -0.2) is 7.11 Å². The van der Waals surface area contributed by atoms with Gasteiger partial charge in [-0.15, -0.1) is 11.6 Å². The molecule has 0 spiro atoms. The van der Waals surface area contributed by atoms with Gasteiger partial charge in [0.2, 0.25) is 0 Å². The van der Waals surface area contributed by atoms with Gasteiger partial charge in [-0.3, -0.25) is 0 Å². The number of rotatable bonds is 3. The van der Waals surface area contributed by atoms with Crippen molar-refractivity contribution in [2.75, 3.05) is 7.11 Å². The van der Waals surface area contributed by atoms with Gasteiger partial charge in [0.15, 0.2) is 11.6 Å². The number of methoxy groups -OCH3 is 1. The quantitative estimate of drug-likeness (QED) is 0.701. The Labute approximate surface area is 126 Å². The number of halogens is 4. The zero-order valence-corrected chi connectivity index (χ0v) is 12.4. The number of aryl methyl sites for hydroxylation is 1. The molecule has 0 saturated heterocycles. The lowest BCUT2D eigenvalue weighted by Crippen LogP contribution is -1.98. The molecule has 0 aromatic heterocycles. The molecule has 0 fully saturated rings. The normalized spacial score (nSPS) is 12.3. The number of ether oxygens (including phenoxy) is 1. The maximum Gasteiger partial charge on any atom is 0.165 e. The van der Waals surface area contributed by atoms with Crippen LogP contribution in [0.5, 0.6) is 5.75 Å². The minimum Gasteiger partial charge on any atom is -0.494 e. The fraction of sp³-hybridized carbons (Fsp3) is 0.200. The van der Waals surface area contributed by atoms with Crippen LogP contribution in [0.25, 0.3) is 0 Å². The van der Waals surface area contributed by atoms with Gasteiger partial charge in [-0.25, -0.2) is 8.78 Å². The molecule has 1 nitrogen and oxygen atoms in total. The number of hydrogen-bond donors (Lipinski definition) is 0. The molecule has 2 rings (SSSR count). The Hall–Kier alpha value is -1.32. The molecule has 0 saturated carbocycles. The maximum absolute atomic E-state index is 13.4. The van der Waals surface area contributed by atoms with Crippen molar-refractivity contribution in [2.24, 2.45) is 0 Å². The lowest BCUT2D eigenvalue weighted by Gasteiger charge is -2.14. The minimum absolute atomic E-state index is 0.100. The SMILES string of the molecule is COc1cc(C(Cl)c2cc(C)c(F)cc2Cl)ccc1F. The van der Waals surface area contributed by atoms with Gasteiger partial charge in [-0.2, -0.15) is 0 Å². The summed E-state index contributed by atoms with van der Waals surface area (Å²) in [6, 6.07) is 7.13. The molecule has 0 aliphatic carbocycles. The van der Waals surface area contributed by atoms with Crippen molar-refractivity contribution < 1.29 is 13.5 Å². The predicted molar refractivity (Wildman–Crippen MR) is 76.8 cm³/mol. The molecule has 0 amide bonds. The average Bonchev–Trinajstić information content (AvgIpc) is 2.42. The Bertz CT molecular complexity index is 644. The Morgan fingerprint density at radius 2 is 1.80 bits per heavy atom. The van der Waals surface area contributed by atoms with Crippen LogP contribution in [0.15, 0.2) is 30.3 Å². The standard InChI is InChI=1S/C15H12Cl2F2O/c1-8-5-10(11(16)7-13(8)19)15(17)9-3-4-12(18)14(6-9)20-2/h3-7,15H,1-2H3. The topological polar surface area (TPSA) is 9.23 Å². The van der Waals surface area contributed by atoms with Crippen LogP contribution in [0.2, 0.25) is 5.02 Å². The first-order valence-electron chi connectivity index (χ1n) is 5.87. The molecule has 2 aromatic carbocycles. The summed E-state index contributed by atoms with van der Waals surface area (Å²) in [4.78, 5) is 0. The molecule has 0 aliphatic rings. The third-order valence-corrected chi connectivity index (χ3v) is 3.83. The molecular formula is C15H12Cl2F2O. The third-order valence-electron chi connectivity index (χ3n) is 3.02.